The van der Waals surface area contributed by atoms with E-state index in [1.165, 1.54) is 238 Å². The van der Waals surface area contributed by atoms with Crippen molar-refractivity contribution in [2.45, 2.75) is 452 Å². The Kier molecular flexibility index (Phi) is 71.8. The zero-order valence-corrected chi connectivity index (χ0v) is 68.9. The number of ether oxygens (including phenoxy) is 4. The van der Waals surface area contributed by atoms with Gasteiger partial charge < -0.3 is 33.8 Å². The van der Waals surface area contributed by atoms with Crippen molar-refractivity contribution < 1.29 is 80.2 Å². The molecule has 17 nitrogen and oxygen atoms in total. The van der Waals surface area contributed by atoms with Gasteiger partial charge in [-0.2, -0.15) is 0 Å². The SMILES string of the molecule is CCCCCCCC(=O)OC[C@H](COP(=O)(O)OC[C@H](O)COP(=O)(O)OC[C@@H](COC(=O)CCCCCCCCCCCCCCCCCCC(C)C)OC(=O)CCCCCCCCCCCCCCCCCCC(C)C)OC(=O)CCCCCCCCCCCCCCCCCCC(C)C. The highest BCUT2D eigenvalue weighted by Gasteiger charge is 2.30. The molecule has 2 unspecified atom stereocenters. The number of hydrogen-bond acceptors (Lipinski definition) is 15. The van der Waals surface area contributed by atoms with Crippen molar-refractivity contribution in [3.05, 3.63) is 0 Å². The molecular formula is C83H162O17P2. The van der Waals surface area contributed by atoms with E-state index in [4.69, 9.17) is 37.0 Å². The van der Waals surface area contributed by atoms with Crippen molar-refractivity contribution >= 4 is 39.5 Å². The van der Waals surface area contributed by atoms with E-state index in [0.29, 0.717) is 25.7 Å². The zero-order valence-electron chi connectivity index (χ0n) is 67.1. The summed E-state index contributed by atoms with van der Waals surface area (Å²) in [5.41, 5.74) is 0. The molecule has 0 aliphatic heterocycles. The summed E-state index contributed by atoms with van der Waals surface area (Å²) >= 11 is 0. The molecule has 0 radical (unpaired) electrons. The molecule has 0 heterocycles. The maximum absolute atomic E-state index is 13.1. The number of carbonyl (C=O) groups is 4. The van der Waals surface area contributed by atoms with E-state index in [9.17, 15) is 43.2 Å². The van der Waals surface area contributed by atoms with Crippen molar-refractivity contribution in [3.63, 3.8) is 0 Å². The molecule has 5 atom stereocenters. The predicted molar refractivity (Wildman–Crippen MR) is 418 cm³/mol. The van der Waals surface area contributed by atoms with Crippen LogP contribution < -0.4 is 0 Å². The number of unbranched alkanes of at least 4 members (excludes halogenated alkanes) is 49. The summed E-state index contributed by atoms with van der Waals surface area (Å²) in [4.78, 5) is 72.8. The zero-order chi connectivity index (χ0) is 75.1. The molecule has 606 valence electrons. The van der Waals surface area contributed by atoms with Gasteiger partial charge in [0.1, 0.15) is 19.3 Å². The Morgan fingerprint density at radius 3 is 0.667 bits per heavy atom. The Bertz CT molecular complexity index is 1970. The minimum absolute atomic E-state index is 0.107. The van der Waals surface area contributed by atoms with E-state index in [0.717, 1.165) is 114 Å². The van der Waals surface area contributed by atoms with Crippen molar-refractivity contribution in [3.8, 4) is 0 Å². The number of carbonyl (C=O) groups excluding carboxylic acids is 4. The molecule has 0 saturated carbocycles. The smallest absolute Gasteiger partial charge is 0.462 e. The van der Waals surface area contributed by atoms with Crippen LogP contribution in [0.25, 0.3) is 0 Å². The lowest BCUT2D eigenvalue weighted by Gasteiger charge is -2.21. The molecule has 0 aliphatic carbocycles. The molecular weight excluding hydrogens is 1330 g/mol. The molecule has 0 aromatic heterocycles. The van der Waals surface area contributed by atoms with Crippen molar-refractivity contribution in [2.24, 2.45) is 17.8 Å². The van der Waals surface area contributed by atoms with Gasteiger partial charge in [-0.1, -0.05) is 382 Å². The van der Waals surface area contributed by atoms with Crippen LogP contribution in [0.4, 0.5) is 0 Å². The first-order valence-electron chi connectivity index (χ1n) is 42.8. The molecule has 0 aromatic carbocycles. The Balaban J connectivity index is 5.11. The molecule has 0 aliphatic rings. The number of aliphatic hydroxyl groups is 1. The maximum Gasteiger partial charge on any atom is 0.472 e. The molecule has 0 fully saturated rings. The number of phosphoric ester groups is 2. The third kappa shape index (κ3) is 76.3. The first kappa shape index (κ1) is 100. The van der Waals surface area contributed by atoms with Gasteiger partial charge in [0, 0.05) is 25.7 Å². The van der Waals surface area contributed by atoms with Gasteiger partial charge in [0.25, 0.3) is 0 Å². The number of phosphoric acid groups is 2. The molecule has 0 rings (SSSR count). The Labute approximate surface area is 626 Å². The summed E-state index contributed by atoms with van der Waals surface area (Å²) in [5.74, 6) is 0.312. The number of rotatable bonds is 81. The summed E-state index contributed by atoms with van der Waals surface area (Å²) in [5, 5.41) is 10.6. The van der Waals surface area contributed by atoms with E-state index in [1.54, 1.807) is 0 Å². The van der Waals surface area contributed by atoms with Gasteiger partial charge in [0.05, 0.1) is 26.4 Å². The van der Waals surface area contributed by atoms with E-state index in [-0.39, 0.29) is 25.7 Å². The minimum Gasteiger partial charge on any atom is -0.462 e. The lowest BCUT2D eigenvalue weighted by molar-refractivity contribution is -0.161. The molecule has 0 aromatic rings. The van der Waals surface area contributed by atoms with Crippen molar-refractivity contribution in [2.75, 3.05) is 39.6 Å². The monoisotopic (exact) mass is 1490 g/mol. The predicted octanol–water partition coefficient (Wildman–Crippen LogP) is 24.9. The average Bonchev–Trinajstić information content (AvgIpc) is 0.907. The summed E-state index contributed by atoms with van der Waals surface area (Å²) < 4.78 is 68.6. The fourth-order valence-electron chi connectivity index (χ4n) is 12.8. The minimum atomic E-state index is -4.96. The van der Waals surface area contributed by atoms with Gasteiger partial charge in [-0.05, 0) is 43.4 Å². The highest BCUT2D eigenvalue weighted by molar-refractivity contribution is 7.47. The molecule has 0 saturated heterocycles. The van der Waals surface area contributed by atoms with Crippen molar-refractivity contribution in [1.82, 2.24) is 0 Å². The van der Waals surface area contributed by atoms with Crippen LogP contribution in [0, 0.1) is 17.8 Å². The fraction of sp³-hybridized carbons (Fsp3) is 0.952. The van der Waals surface area contributed by atoms with Gasteiger partial charge in [-0.15, -0.1) is 0 Å². The second-order valence-corrected chi connectivity index (χ2v) is 34.2. The molecule has 0 bridgehead atoms. The van der Waals surface area contributed by atoms with Crippen LogP contribution in [0.15, 0.2) is 0 Å². The second kappa shape index (κ2) is 73.2. The highest BCUT2D eigenvalue weighted by Crippen LogP contribution is 2.45. The average molecular weight is 1490 g/mol. The first-order chi connectivity index (χ1) is 49.2. The largest absolute Gasteiger partial charge is 0.472 e. The van der Waals surface area contributed by atoms with E-state index in [2.05, 4.69) is 48.5 Å². The van der Waals surface area contributed by atoms with Gasteiger partial charge >= 0.3 is 39.5 Å². The Hall–Kier alpha value is -1.94. The number of esters is 4. The summed E-state index contributed by atoms with van der Waals surface area (Å²) in [7, 11) is -9.91. The fourth-order valence-corrected chi connectivity index (χ4v) is 14.4. The highest BCUT2D eigenvalue weighted by atomic mass is 31.2. The van der Waals surface area contributed by atoms with Gasteiger partial charge in [0.2, 0.25) is 0 Å². The van der Waals surface area contributed by atoms with E-state index >= 15 is 0 Å². The molecule has 102 heavy (non-hydrogen) atoms. The number of aliphatic hydroxyl groups excluding tert-OH is 1. The lowest BCUT2D eigenvalue weighted by atomic mass is 10.0. The second-order valence-electron chi connectivity index (χ2n) is 31.3. The van der Waals surface area contributed by atoms with Crippen molar-refractivity contribution in [1.29, 1.82) is 0 Å². The number of hydrogen-bond donors (Lipinski definition) is 3. The van der Waals surface area contributed by atoms with Gasteiger partial charge in [0.15, 0.2) is 12.2 Å². The van der Waals surface area contributed by atoms with Crippen LogP contribution in [0.5, 0.6) is 0 Å². The topological polar surface area (TPSA) is 237 Å². The maximum atomic E-state index is 13.1. The summed E-state index contributed by atoms with van der Waals surface area (Å²) in [6, 6.07) is 0. The summed E-state index contributed by atoms with van der Waals surface area (Å²) in [6.45, 7) is 12.0. The van der Waals surface area contributed by atoms with Crippen LogP contribution in [0.2, 0.25) is 0 Å². The normalized spacial score (nSPS) is 13.9. The quantitative estimate of drug-likeness (QED) is 0.0222. The third-order valence-electron chi connectivity index (χ3n) is 19.4. The third-order valence-corrected chi connectivity index (χ3v) is 21.3. The first-order valence-corrected chi connectivity index (χ1v) is 45.8. The lowest BCUT2D eigenvalue weighted by Crippen LogP contribution is -2.30. The Morgan fingerprint density at radius 2 is 0.451 bits per heavy atom. The molecule has 3 N–H and O–H groups in total. The van der Waals surface area contributed by atoms with Crippen LogP contribution in [-0.2, 0) is 65.4 Å². The molecule has 19 heteroatoms. The van der Waals surface area contributed by atoms with Crippen LogP contribution in [0.1, 0.15) is 434 Å². The van der Waals surface area contributed by atoms with Gasteiger partial charge in [-0.25, -0.2) is 9.13 Å². The van der Waals surface area contributed by atoms with Crippen LogP contribution in [-0.4, -0.2) is 96.7 Å². The van der Waals surface area contributed by atoms with Crippen LogP contribution in [0.3, 0.4) is 0 Å². The molecule has 0 amide bonds. The molecule has 0 spiro atoms. The standard InChI is InChI=1S/C83H162O17P2/c1-8-9-10-47-57-64-80(85)93-70-78(99-82(87)66-59-52-45-39-33-27-21-15-12-18-24-30-36-42-49-55-62-75(4)5)72-97-101(89,90)95-68-77(84)69-96-102(91,92)98-73-79(100-83(88)67-60-53-46-40-34-28-22-16-13-19-25-31-37-43-50-56-63-76(6)7)71-94-81(86)65-58-51-44-38-32-26-20-14-11-17-23-29-35-41-48-54-61-74(2)3/h74-79,84H,8-73H2,1-7H3,(H,89,90)(H,91,92)/t77-,78+,79+/m0/s1. The Morgan fingerprint density at radius 1 is 0.265 bits per heavy atom. The van der Waals surface area contributed by atoms with Crippen LogP contribution >= 0.6 is 15.6 Å². The summed E-state index contributed by atoms with van der Waals surface area (Å²) in [6.07, 6.45) is 62.9. The van der Waals surface area contributed by atoms with E-state index in [1.807, 2.05) is 0 Å². The van der Waals surface area contributed by atoms with Gasteiger partial charge in [-0.3, -0.25) is 37.3 Å². The van der Waals surface area contributed by atoms with E-state index < -0.39 is 97.5 Å².